The molecule has 18 heavy (non-hydrogen) atoms. The van der Waals surface area contributed by atoms with Gasteiger partial charge < -0.3 is 4.90 Å². The van der Waals surface area contributed by atoms with E-state index in [0.29, 0.717) is 11.7 Å². The molecule has 2 aliphatic rings. The number of aryl methyl sites for hydroxylation is 1. The van der Waals surface area contributed by atoms with Crippen molar-refractivity contribution in [2.24, 2.45) is 0 Å². The summed E-state index contributed by atoms with van der Waals surface area (Å²) in [4.78, 5) is 9.38. The van der Waals surface area contributed by atoms with Gasteiger partial charge >= 0.3 is 0 Å². The van der Waals surface area contributed by atoms with E-state index in [9.17, 15) is 0 Å². The molecule has 4 nitrogen and oxygen atoms in total. The Morgan fingerprint density at radius 1 is 1.33 bits per heavy atom. The van der Waals surface area contributed by atoms with E-state index in [4.69, 9.17) is 5.26 Å². The van der Waals surface area contributed by atoms with Gasteiger partial charge in [-0.1, -0.05) is 6.07 Å². The molecule has 2 fully saturated rings. The first-order chi connectivity index (χ1) is 8.78. The smallest absolute Gasteiger partial charge is 0.145 e. The lowest BCUT2D eigenvalue weighted by atomic mass is 10.1. The van der Waals surface area contributed by atoms with Crippen molar-refractivity contribution in [3.63, 3.8) is 0 Å². The molecule has 1 atom stereocenters. The topological polar surface area (TPSA) is 43.2 Å². The van der Waals surface area contributed by atoms with Crippen LogP contribution in [0.1, 0.15) is 24.1 Å². The van der Waals surface area contributed by atoms with Crippen molar-refractivity contribution in [1.82, 2.24) is 9.88 Å². The second-order valence-electron chi connectivity index (χ2n) is 5.22. The Hall–Kier alpha value is -1.60. The Morgan fingerprint density at radius 2 is 2.22 bits per heavy atom. The number of piperazine rings is 1. The molecule has 1 aromatic rings. The Morgan fingerprint density at radius 3 is 3.06 bits per heavy atom. The fourth-order valence-electron chi connectivity index (χ4n) is 3.01. The number of hydrogen-bond acceptors (Lipinski definition) is 4. The van der Waals surface area contributed by atoms with E-state index in [2.05, 4.69) is 20.9 Å². The van der Waals surface area contributed by atoms with Gasteiger partial charge in [0.15, 0.2) is 0 Å². The van der Waals surface area contributed by atoms with Gasteiger partial charge in [-0.15, -0.1) is 0 Å². The van der Waals surface area contributed by atoms with Gasteiger partial charge in [-0.3, -0.25) is 4.90 Å². The maximum absolute atomic E-state index is 9.05. The van der Waals surface area contributed by atoms with Crippen molar-refractivity contribution < 1.29 is 0 Å². The molecule has 2 aliphatic heterocycles. The molecule has 0 aliphatic carbocycles. The minimum absolute atomic E-state index is 0.557. The van der Waals surface area contributed by atoms with E-state index in [-0.39, 0.29) is 0 Å². The number of fused-ring (bicyclic) bond motifs is 1. The first-order valence-corrected chi connectivity index (χ1v) is 6.64. The summed E-state index contributed by atoms with van der Waals surface area (Å²) >= 11 is 0. The molecule has 4 heteroatoms. The predicted octanol–water partition coefficient (Wildman–Crippen LogP) is 1.55. The van der Waals surface area contributed by atoms with Crippen LogP contribution in [0.2, 0.25) is 0 Å². The molecule has 3 heterocycles. The monoisotopic (exact) mass is 242 g/mol. The second kappa shape index (κ2) is 4.58. The van der Waals surface area contributed by atoms with E-state index < -0.39 is 0 Å². The molecule has 2 saturated heterocycles. The number of pyridine rings is 1. The minimum atomic E-state index is 0.557. The number of nitrogens with zero attached hydrogens (tertiary/aromatic N) is 4. The lowest BCUT2D eigenvalue weighted by Gasteiger charge is -2.38. The number of hydrogen-bond donors (Lipinski definition) is 0. The summed E-state index contributed by atoms with van der Waals surface area (Å²) < 4.78 is 0. The van der Waals surface area contributed by atoms with Crippen LogP contribution in [0.4, 0.5) is 5.82 Å². The van der Waals surface area contributed by atoms with Gasteiger partial charge in [0, 0.05) is 25.7 Å². The van der Waals surface area contributed by atoms with E-state index in [0.717, 1.165) is 31.0 Å². The van der Waals surface area contributed by atoms with Gasteiger partial charge in [0.2, 0.25) is 0 Å². The zero-order valence-electron chi connectivity index (χ0n) is 10.8. The highest BCUT2D eigenvalue weighted by Crippen LogP contribution is 2.24. The van der Waals surface area contributed by atoms with E-state index in [1.54, 1.807) is 0 Å². The maximum atomic E-state index is 9.05. The molecule has 0 amide bonds. The first kappa shape index (κ1) is 11.5. The third kappa shape index (κ3) is 1.95. The number of nitriles is 1. The summed E-state index contributed by atoms with van der Waals surface area (Å²) in [5, 5.41) is 9.05. The molecule has 0 radical (unpaired) electrons. The van der Waals surface area contributed by atoms with Gasteiger partial charge in [-0.05, 0) is 37.9 Å². The highest BCUT2D eigenvalue weighted by atomic mass is 15.3. The van der Waals surface area contributed by atoms with Crippen molar-refractivity contribution in [1.29, 1.82) is 5.26 Å². The van der Waals surface area contributed by atoms with Crippen LogP contribution in [-0.4, -0.2) is 42.1 Å². The summed E-state index contributed by atoms with van der Waals surface area (Å²) in [6.45, 7) is 6.40. The Kier molecular flexibility index (Phi) is 2.92. The number of rotatable bonds is 1. The molecule has 1 aromatic heterocycles. The SMILES string of the molecule is Cc1ccc(N2CCN3CCCC3C2)nc1C#N. The fourth-order valence-corrected chi connectivity index (χ4v) is 3.01. The standard InChI is InChI=1S/C14H18N4/c1-11-4-5-14(16-13(11)9-15)18-8-7-17-6-2-3-12(17)10-18/h4-5,12H,2-3,6-8,10H2,1H3. The van der Waals surface area contributed by atoms with E-state index in [1.165, 1.54) is 19.4 Å². The van der Waals surface area contributed by atoms with Crippen LogP contribution in [0, 0.1) is 18.3 Å². The van der Waals surface area contributed by atoms with Crippen molar-refractivity contribution in [2.75, 3.05) is 31.1 Å². The van der Waals surface area contributed by atoms with E-state index in [1.807, 2.05) is 19.1 Å². The number of aromatic nitrogens is 1. The van der Waals surface area contributed by atoms with Crippen LogP contribution in [0.15, 0.2) is 12.1 Å². The van der Waals surface area contributed by atoms with Gasteiger partial charge in [0.25, 0.3) is 0 Å². The van der Waals surface area contributed by atoms with Crippen LogP contribution in [0.5, 0.6) is 0 Å². The van der Waals surface area contributed by atoms with Crippen LogP contribution < -0.4 is 4.90 Å². The van der Waals surface area contributed by atoms with Gasteiger partial charge in [0.1, 0.15) is 17.6 Å². The Balaban J connectivity index is 1.81. The largest absolute Gasteiger partial charge is 0.354 e. The lowest BCUT2D eigenvalue weighted by molar-refractivity contribution is 0.230. The summed E-state index contributed by atoms with van der Waals surface area (Å²) in [5.41, 5.74) is 1.52. The zero-order valence-corrected chi connectivity index (χ0v) is 10.8. The molecule has 0 bridgehead atoms. The Bertz CT molecular complexity index is 491. The normalized spacial score (nSPS) is 23.8. The van der Waals surface area contributed by atoms with Crippen molar-refractivity contribution in [3.8, 4) is 6.07 Å². The van der Waals surface area contributed by atoms with Crippen LogP contribution in [0.25, 0.3) is 0 Å². The summed E-state index contributed by atoms with van der Waals surface area (Å²) in [5.74, 6) is 0.962. The summed E-state index contributed by atoms with van der Waals surface area (Å²) in [6.07, 6.45) is 2.62. The maximum Gasteiger partial charge on any atom is 0.145 e. The molecule has 94 valence electrons. The Labute approximate surface area is 108 Å². The fraction of sp³-hybridized carbons (Fsp3) is 0.571. The van der Waals surface area contributed by atoms with Crippen LogP contribution in [0.3, 0.4) is 0 Å². The van der Waals surface area contributed by atoms with Gasteiger partial charge in [-0.2, -0.15) is 5.26 Å². The first-order valence-electron chi connectivity index (χ1n) is 6.64. The van der Waals surface area contributed by atoms with Crippen molar-refractivity contribution >= 4 is 5.82 Å². The average Bonchev–Trinajstić information content (AvgIpc) is 2.86. The van der Waals surface area contributed by atoms with E-state index >= 15 is 0 Å². The highest BCUT2D eigenvalue weighted by Gasteiger charge is 2.30. The predicted molar refractivity (Wildman–Crippen MR) is 70.5 cm³/mol. The summed E-state index contributed by atoms with van der Waals surface area (Å²) in [6, 6.07) is 6.90. The lowest BCUT2D eigenvalue weighted by Crippen LogP contribution is -2.50. The van der Waals surface area contributed by atoms with Crippen molar-refractivity contribution in [2.45, 2.75) is 25.8 Å². The van der Waals surface area contributed by atoms with Crippen LogP contribution >= 0.6 is 0 Å². The van der Waals surface area contributed by atoms with Crippen LogP contribution in [-0.2, 0) is 0 Å². The summed E-state index contributed by atoms with van der Waals surface area (Å²) in [7, 11) is 0. The highest BCUT2D eigenvalue weighted by molar-refractivity contribution is 5.45. The molecule has 1 unspecified atom stereocenters. The molecule has 0 aromatic carbocycles. The van der Waals surface area contributed by atoms with Gasteiger partial charge in [0.05, 0.1) is 0 Å². The second-order valence-corrected chi connectivity index (χ2v) is 5.22. The van der Waals surface area contributed by atoms with Gasteiger partial charge in [-0.25, -0.2) is 4.98 Å². The molecular weight excluding hydrogens is 224 g/mol. The molecule has 0 N–H and O–H groups in total. The zero-order chi connectivity index (χ0) is 12.5. The quantitative estimate of drug-likeness (QED) is 0.749. The molecule has 0 saturated carbocycles. The minimum Gasteiger partial charge on any atom is -0.354 e. The molecule has 0 spiro atoms. The third-order valence-corrected chi connectivity index (χ3v) is 4.10. The average molecular weight is 242 g/mol. The third-order valence-electron chi connectivity index (χ3n) is 4.10. The van der Waals surface area contributed by atoms with Crippen molar-refractivity contribution in [3.05, 3.63) is 23.4 Å². The molecular formula is C14H18N4. The molecule has 3 rings (SSSR count). The number of anilines is 1.